The Bertz CT molecular complexity index is 429. The molecule has 2 fully saturated rings. The molecule has 118 valence electrons. The van der Waals surface area contributed by atoms with Crippen molar-refractivity contribution in [3.8, 4) is 0 Å². The zero-order valence-electron chi connectivity index (χ0n) is 13.3. The van der Waals surface area contributed by atoms with E-state index in [0.717, 1.165) is 31.8 Å². The van der Waals surface area contributed by atoms with Gasteiger partial charge < -0.3 is 20.0 Å². The smallest absolute Gasteiger partial charge is 0.320 e. The summed E-state index contributed by atoms with van der Waals surface area (Å²) < 4.78 is 0. The number of hydrogen-bond acceptors (Lipinski definition) is 3. The zero-order chi connectivity index (χ0) is 15.4. The third-order valence-corrected chi connectivity index (χ3v) is 4.40. The Morgan fingerprint density at radius 2 is 1.57 bits per heavy atom. The minimum absolute atomic E-state index is 0.0883. The first kappa shape index (κ1) is 15.8. The van der Waals surface area contributed by atoms with E-state index in [1.54, 1.807) is 0 Å². The maximum absolute atomic E-state index is 12.4. The van der Waals surface area contributed by atoms with Crippen molar-refractivity contribution in [2.75, 3.05) is 52.4 Å². The highest BCUT2D eigenvalue weighted by Gasteiger charge is 2.28. The van der Waals surface area contributed by atoms with Crippen LogP contribution >= 0.6 is 0 Å². The number of urea groups is 1. The van der Waals surface area contributed by atoms with E-state index in [1.807, 2.05) is 35.5 Å². The molecule has 21 heavy (non-hydrogen) atoms. The number of amides is 3. The number of piperazine rings is 1. The van der Waals surface area contributed by atoms with Gasteiger partial charge in [-0.3, -0.25) is 4.79 Å². The van der Waals surface area contributed by atoms with E-state index in [-0.39, 0.29) is 11.9 Å². The Morgan fingerprint density at radius 1 is 1.05 bits per heavy atom. The predicted molar refractivity (Wildman–Crippen MR) is 82.0 cm³/mol. The highest BCUT2D eigenvalue weighted by molar-refractivity contribution is 5.94. The molecule has 0 aromatic rings. The molecule has 6 heteroatoms. The molecule has 6 nitrogen and oxygen atoms in total. The van der Waals surface area contributed by atoms with Gasteiger partial charge in [0.2, 0.25) is 5.91 Å². The molecule has 2 rings (SSSR count). The van der Waals surface area contributed by atoms with Crippen LogP contribution in [0, 0.1) is 0 Å². The van der Waals surface area contributed by atoms with E-state index in [9.17, 15) is 9.59 Å². The van der Waals surface area contributed by atoms with Gasteiger partial charge in [-0.1, -0.05) is 0 Å². The summed E-state index contributed by atoms with van der Waals surface area (Å²) in [6.07, 6.45) is 0. The van der Waals surface area contributed by atoms with Crippen molar-refractivity contribution in [3.63, 3.8) is 0 Å². The summed E-state index contributed by atoms with van der Waals surface area (Å²) in [6.45, 7) is 11.5. The van der Waals surface area contributed by atoms with Crippen LogP contribution in [0.1, 0.15) is 20.8 Å². The maximum atomic E-state index is 12.4. The lowest BCUT2D eigenvalue weighted by Gasteiger charge is -2.37. The summed E-state index contributed by atoms with van der Waals surface area (Å²) in [7, 11) is 0. The number of carbonyl (C=O) groups excluding carboxylic acids is 2. The van der Waals surface area contributed by atoms with Crippen LogP contribution in [0.5, 0.6) is 0 Å². The molecular formula is C15H26N4O2. The van der Waals surface area contributed by atoms with Crippen molar-refractivity contribution < 1.29 is 9.59 Å². The second-order valence-corrected chi connectivity index (χ2v) is 5.57. The van der Waals surface area contributed by atoms with Crippen LogP contribution in [-0.2, 0) is 4.79 Å². The highest BCUT2D eigenvalue weighted by Crippen LogP contribution is 2.14. The average molecular weight is 294 g/mol. The summed E-state index contributed by atoms with van der Waals surface area (Å²) in [5, 5.41) is 3.16. The number of nitrogens with zero attached hydrogens (tertiary/aromatic N) is 3. The molecule has 2 aliphatic heterocycles. The van der Waals surface area contributed by atoms with Crippen LogP contribution < -0.4 is 5.32 Å². The van der Waals surface area contributed by atoms with Crippen molar-refractivity contribution in [2.24, 2.45) is 0 Å². The first-order chi connectivity index (χ1) is 10.1. The number of hydrogen-bond donors (Lipinski definition) is 1. The Hall–Kier alpha value is -1.56. The van der Waals surface area contributed by atoms with Gasteiger partial charge in [0.25, 0.3) is 0 Å². The Morgan fingerprint density at radius 3 is 2.00 bits per heavy atom. The van der Waals surface area contributed by atoms with E-state index in [4.69, 9.17) is 0 Å². The van der Waals surface area contributed by atoms with E-state index >= 15 is 0 Å². The standard InChI is InChI=1S/C15H26N4O2/c1-4-17(5-2)15(21)19-8-6-18(7-9-19)14(20)12(3)13-10-16-11-13/h16H,4-11H2,1-3H3. The number of carbonyl (C=O) groups is 2. The molecule has 0 spiro atoms. The minimum atomic E-state index is 0.0883. The average Bonchev–Trinajstić information content (AvgIpc) is 2.46. The molecule has 0 aromatic heterocycles. The molecule has 2 saturated heterocycles. The van der Waals surface area contributed by atoms with Crippen LogP contribution in [0.4, 0.5) is 4.79 Å². The fraction of sp³-hybridized carbons (Fsp3) is 0.733. The molecule has 2 aliphatic rings. The normalized spacial score (nSPS) is 18.3. The molecule has 0 unspecified atom stereocenters. The van der Waals surface area contributed by atoms with E-state index in [1.165, 1.54) is 5.57 Å². The topological polar surface area (TPSA) is 55.9 Å². The monoisotopic (exact) mass is 294 g/mol. The molecule has 0 aromatic carbocycles. The van der Waals surface area contributed by atoms with Crippen molar-refractivity contribution in [3.05, 3.63) is 11.1 Å². The van der Waals surface area contributed by atoms with Crippen molar-refractivity contribution in [2.45, 2.75) is 20.8 Å². The van der Waals surface area contributed by atoms with E-state index in [0.29, 0.717) is 26.2 Å². The van der Waals surface area contributed by atoms with Gasteiger partial charge in [0.1, 0.15) is 0 Å². The lowest BCUT2D eigenvalue weighted by Crippen LogP contribution is -2.54. The van der Waals surface area contributed by atoms with Gasteiger partial charge >= 0.3 is 6.03 Å². The highest BCUT2D eigenvalue weighted by atomic mass is 16.2. The Kier molecular flexibility index (Phi) is 5.22. The largest absolute Gasteiger partial charge is 0.335 e. The van der Waals surface area contributed by atoms with Crippen LogP contribution in [0.25, 0.3) is 0 Å². The first-order valence-electron chi connectivity index (χ1n) is 7.80. The molecule has 0 radical (unpaired) electrons. The molecule has 0 bridgehead atoms. The van der Waals surface area contributed by atoms with Crippen LogP contribution in [0.3, 0.4) is 0 Å². The van der Waals surface area contributed by atoms with Crippen molar-refractivity contribution in [1.29, 1.82) is 0 Å². The summed E-state index contributed by atoms with van der Waals surface area (Å²) in [4.78, 5) is 30.2. The van der Waals surface area contributed by atoms with Gasteiger partial charge in [-0.05, 0) is 26.3 Å². The SMILES string of the molecule is CCN(CC)C(=O)N1CCN(C(=O)C(C)=C2CNC2)CC1. The summed E-state index contributed by atoms with van der Waals surface area (Å²) in [5.74, 6) is 0.126. The number of nitrogens with one attached hydrogen (secondary N) is 1. The van der Waals surface area contributed by atoms with Gasteiger partial charge in [-0.25, -0.2) is 4.79 Å². The van der Waals surface area contributed by atoms with Crippen molar-refractivity contribution in [1.82, 2.24) is 20.0 Å². The molecule has 3 amide bonds. The van der Waals surface area contributed by atoms with Crippen LogP contribution in [0.2, 0.25) is 0 Å². The first-order valence-corrected chi connectivity index (χ1v) is 7.80. The van der Waals surface area contributed by atoms with E-state index < -0.39 is 0 Å². The molecule has 0 saturated carbocycles. The maximum Gasteiger partial charge on any atom is 0.320 e. The van der Waals surface area contributed by atoms with Gasteiger partial charge in [-0.15, -0.1) is 0 Å². The zero-order valence-corrected chi connectivity index (χ0v) is 13.3. The second-order valence-electron chi connectivity index (χ2n) is 5.57. The molecule has 0 aliphatic carbocycles. The van der Waals surface area contributed by atoms with Gasteiger partial charge in [-0.2, -0.15) is 0 Å². The minimum Gasteiger partial charge on any atom is -0.335 e. The van der Waals surface area contributed by atoms with Gasteiger partial charge in [0.05, 0.1) is 0 Å². The second kappa shape index (κ2) is 6.93. The summed E-state index contributed by atoms with van der Waals surface area (Å²) >= 11 is 0. The van der Waals surface area contributed by atoms with Crippen molar-refractivity contribution >= 4 is 11.9 Å². The fourth-order valence-electron chi connectivity index (χ4n) is 2.70. The predicted octanol–water partition coefficient (Wildman–Crippen LogP) is 0.512. The third kappa shape index (κ3) is 3.37. The number of rotatable bonds is 3. The van der Waals surface area contributed by atoms with Gasteiger partial charge in [0.15, 0.2) is 0 Å². The summed E-state index contributed by atoms with van der Waals surface area (Å²) in [6, 6.07) is 0.0883. The Balaban J connectivity index is 1.88. The van der Waals surface area contributed by atoms with Gasteiger partial charge in [0, 0.05) is 57.9 Å². The van der Waals surface area contributed by atoms with Crippen LogP contribution in [-0.4, -0.2) is 79.0 Å². The summed E-state index contributed by atoms with van der Waals surface area (Å²) in [5.41, 5.74) is 2.08. The lowest BCUT2D eigenvalue weighted by molar-refractivity contribution is -0.128. The molecular weight excluding hydrogens is 268 g/mol. The Labute approximate surface area is 126 Å². The molecule has 0 atom stereocenters. The quantitative estimate of drug-likeness (QED) is 0.772. The third-order valence-electron chi connectivity index (χ3n) is 4.40. The van der Waals surface area contributed by atoms with Crippen LogP contribution in [0.15, 0.2) is 11.1 Å². The lowest BCUT2D eigenvalue weighted by atomic mass is 10.0. The fourth-order valence-corrected chi connectivity index (χ4v) is 2.70. The molecule has 1 N–H and O–H groups in total. The molecule has 2 heterocycles. The van der Waals surface area contributed by atoms with E-state index in [2.05, 4.69) is 5.32 Å².